The Morgan fingerprint density at radius 1 is 1.15 bits per heavy atom. The maximum absolute atomic E-state index is 13.8. The number of amides is 2. The Bertz CT molecular complexity index is 1200. The van der Waals surface area contributed by atoms with Crippen LogP contribution < -0.4 is 10.1 Å². The molecule has 1 aromatic carbocycles. The van der Waals surface area contributed by atoms with E-state index in [4.69, 9.17) is 4.74 Å². The standard InChI is InChI=1S/C27H32N4O3/c1-16-23(27(33)31-13-5-6-17(31)15-30-11-3-4-12-30)20-9-10-21(25(20)28-16)24-19-8-7-18(34-2)14-22(19)29-26(24)32/h7-8,14,17,28H,3-6,9-13,15H2,1-2H3,(H,29,32)/t17-/m0/s1. The summed E-state index contributed by atoms with van der Waals surface area (Å²) in [7, 11) is 1.62. The highest BCUT2D eigenvalue weighted by Crippen LogP contribution is 2.45. The van der Waals surface area contributed by atoms with Crippen LogP contribution in [0.5, 0.6) is 5.75 Å². The number of allylic oxidation sites excluding steroid dienone is 1. The molecule has 2 fully saturated rings. The minimum atomic E-state index is -0.0866. The lowest BCUT2D eigenvalue weighted by Crippen LogP contribution is -2.42. The molecule has 0 bridgehead atoms. The van der Waals surface area contributed by atoms with Crippen molar-refractivity contribution in [3.8, 4) is 5.75 Å². The number of aromatic amines is 1. The number of methoxy groups -OCH3 is 1. The van der Waals surface area contributed by atoms with E-state index in [-0.39, 0.29) is 11.8 Å². The summed E-state index contributed by atoms with van der Waals surface area (Å²) in [6.07, 6.45) is 6.24. The topological polar surface area (TPSA) is 77.7 Å². The molecule has 2 amide bonds. The average Bonchev–Trinajstić information content (AvgIpc) is 3.63. The van der Waals surface area contributed by atoms with Crippen LogP contribution in [0.25, 0.3) is 11.1 Å². The van der Waals surface area contributed by atoms with Crippen molar-refractivity contribution < 1.29 is 14.3 Å². The molecule has 0 unspecified atom stereocenters. The van der Waals surface area contributed by atoms with Crippen LogP contribution in [0.15, 0.2) is 18.2 Å². The fourth-order valence-electron chi connectivity index (χ4n) is 6.38. The second-order valence-corrected chi connectivity index (χ2v) is 10.0. The van der Waals surface area contributed by atoms with Gasteiger partial charge in [-0.3, -0.25) is 9.59 Å². The summed E-state index contributed by atoms with van der Waals surface area (Å²) >= 11 is 0. The third-order valence-electron chi connectivity index (χ3n) is 8.01. The van der Waals surface area contributed by atoms with E-state index in [9.17, 15) is 9.59 Å². The largest absolute Gasteiger partial charge is 0.497 e. The highest BCUT2D eigenvalue weighted by molar-refractivity contribution is 6.37. The number of anilines is 1. The van der Waals surface area contributed by atoms with Gasteiger partial charge in [-0.1, -0.05) is 0 Å². The lowest BCUT2D eigenvalue weighted by atomic mass is 9.99. The first-order chi connectivity index (χ1) is 16.5. The summed E-state index contributed by atoms with van der Waals surface area (Å²) in [5.74, 6) is 0.788. The van der Waals surface area contributed by atoms with Crippen molar-refractivity contribution in [2.45, 2.75) is 51.5 Å². The van der Waals surface area contributed by atoms with Crippen molar-refractivity contribution in [3.05, 3.63) is 46.3 Å². The van der Waals surface area contributed by atoms with E-state index in [1.165, 1.54) is 12.8 Å². The molecule has 2 aromatic rings. The van der Waals surface area contributed by atoms with Crippen molar-refractivity contribution in [2.75, 3.05) is 38.6 Å². The van der Waals surface area contributed by atoms with Crippen LogP contribution in [0.3, 0.4) is 0 Å². The average molecular weight is 461 g/mol. The first-order valence-electron chi connectivity index (χ1n) is 12.5. The number of H-pyrrole nitrogens is 1. The van der Waals surface area contributed by atoms with Gasteiger partial charge in [0.05, 0.1) is 23.9 Å². The number of nitrogens with one attached hydrogen (secondary N) is 2. The van der Waals surface area contributed by atoms with Gasteiger partial charge in [-0.25, -0.2) is 0 Å². The van der Waals surface area contributed by atoms with Gasteiger partial charge in [0.2, 0.25) is 0 Å². The summed E-state index contributed by atoms with van der Waals surface area (Å²) in [5.41, 5.74) is 7.18. The monoisotopic (exact) mass is 460 g/mol. The number of hydrogen-bond acceptors (Lipinski definition) is 4. The van der Waals surface area contributed by atoms with E-state index < -0.39 is 0 Å². The highest BCUT2D eigenvalue weighted by Gasteiger charge is 2.38. The molecule has 7 nitrogen and oxygen atoms in total. The highest BCUT2D eigenvalue weighted by atomic mass is 16.5. The number of hydrogen-bond donors (Lipinski definition) is 2. The van der Waals surface area contributed by atoms with Crippen molar-refractivity contribution in [1.29, 1.82) is 0 Å². The maximum atomic E-state index is 13.8. The Morgan fingerprint density at radius 2 is 1.97 bits per heavy atom. The summed E-state index contributed by atoms with van der Waals surface area (Å²) in [4.78, 5) is 34.9. The van der Waals surface area contributed by atoms with Gasteiger partial charge in [-0.05, 0) is 81.8 Å². The third kappa shape index (κ3) is 3.36. The minimum Gasteiger partial charge on any atom is -0.497 e. The van der Waals surface area contributed by atoms with Gasteiger partial charge in [0, 0.05) is 42.1 Å². The number of rotatable bonds is 4. The number of ether oxygens (including phenoxy) is 1. The zero-order valence-electron chi connectivity index (χ0n) is 20.0. The van der Waals surface area contributed by atoms with E-state index in [2.05, 4.69) is 20.1 Å². The first-order valence-corrected chi connectivity index (χ1v) is 12.5. The smallest absolute Gasteiger partial charge is 0.256 e. The lowest BCUT2D eigenvalue weighted by molar-refractivity contribution is -0.110. The summed E-state index contributed by atoms with van der Waals surface area (Å²) < 4.78 is 5.32. The van der Waals surface area contributed by atoms with Crippen LogP contribution >= 0.6 is 0 Å². The molecule has 1 aromatic heterocycles. The number of nitrogens with zero attached hydrogens (tertiary/aromatic N) is 2. The number of carbonyl (C=O) groups excluding carboxylic acids is 2. The number of aromatic nitrogens is 1. The molecule has 178 valence electrons. The molecule has 4 heterocycles. The van der Waals surface area contributed by atoms with E-state index >= 15 is 0 Å². The molecule has 1 aliphatic carbocycles. The van der Waals surface area contributed by atoms with E-state index in [0.29, 0.717) is 11.6 Å². The molecule has 0 spiro atoms. The Morgan fingerprint density at radius 3 is 2.76 bits per heavy atom. The minimum absolute atomic E-state index is 0.0866. The van der Waals surface area contributed by atoms with Crippen LogP contribution in [-0.4, -0.2) is 65.9 Å². The predicted molar refractivity (Wildman–Crippen MR) is 132 cm³/mol. The van der Waals surface area contributed by atoms with Gasteiger partial charge >= 0.3 is 0 Å². The van der Waals surface area contributed by atoms with E-state index in [1.54, 1.807) is 7.11 Å². The van der Waals surface area contributed by atoms with Crippen LogP contribution in [0.2, 0.25) is 0 Å². The normalized spacial score (nSPS) is 24.0. The number of benzene rings is 1. The second kappa shape index (κ2) is 8.31. The fraction of sp³-hybridized carbons (Fsp3) is 0.481. The van der Waals surface area contributed by atoms with Crippen molar-refractivity contribution >= 4 is 28.6 Å². The Hall–Kier alpha value is -3.06. The van der Waals surface area contributed by atoms with Crippen LogP contribution in [0.1, 0.15) is 65.0 Å². The third-order valence-corrected chi connectivity index (χ3v) is 8.01. The molecule has 0 saturated carbocycles. The molecule has 2 saturated heterocycles. The fourth-order valence-corrected chi connectivity index (χ4v) is 6.38. The Balaban J connectivity index is 1.33. The van der Waals surface area contributed by atoms with Gasteiger partial charge in [0.25, 0.3) is 11.8 Å². The summed E-state index contributed by atoms with van der Waals surface area (Å²) in [6, 6.07) is 6.00. The molecule has 2 N–H and O–H groups in total. The molecule has 6 rings (SSSR count). The zero-order chi connectivity index (χ0) is 23.4. The molecule has 3 aliphatic heterocycles. The number of carbonyl (C=O) groups is 2. The predicted octanol–water partition coefficient (Wildman–Crippen LogP) is 3.84. The molecule has 7 heteroatoms. The number of likely N-dealkylation sites (tertiary alicyclic amines) is 2. The Kier molecular flexibility index (Phi) is 5.25. The van der Waals surface area contributed by atoms with Crippen LogP contribution in [0, 0.1) is 6.92 Å². The van der Waals surface area contributed by atoms with Crippen molar-refractivity contribution in [3.63, 3.8) is 0 Å². The zero-order valence-corrected chi connectivity index (χ0v) is 20.0. The van der Waals surface area contributed by atoms with Crippen molar-refractivity contribution in [1.82, 2.24) is 14.8 Å². The van der Waals surface area contributed by atoms with Gasteiger partial charge in [-0.2, -0.15) is 0 Å². The molecule has 0 radical (unpaired) electrons. The molecule has 1 atom stereocenters. The van der Waals surface area contributed by atoms with Gasteiger partial charge in [-0.15, -0.1) is 0 Å². The molecule has 4 aliphatic rings. The number of aryl methyl sites for hydroxylation is 1. The maximum Gasteiger partial charge on any atom is 0.256 e. The quantitative estimate of drug-likeness (QED) is 0.680. The summed E-state index contributed by atoms with van der Waals surface area (Å²) in [5, 5.41) is 2.99. The van der Waals surface area contributed by atoms with Gasteiger partial charge in [0.15, 0.2) is 0 Å². The first kappa shape index (κ1) is 21.5. The molecular formula is C27H32N4O3. The SMILES string of the molecule is COc1ccc2c(c1)NC(=O)C2=C1CCc2c1[nH]c(C)c2C(=O)N1CCC[C@H]1CN1CCCC1. The summed E-state index contributed by atoms with van der Waals surface area (Å²) in [6.45, 7) is 6.13. The van der Waals surface area contributed by atoms with E-state index in [0.717, 1.165) is 97.0 Å². The molecule has 34 heavy (non-hydrogen) atoms. The second-order valence-electron chi connectivity index (χ2n) is 10.0. The van der Waals surface area contributed by atoms with Crippen LogP contribution in [0.4, 0.5) is 5.69 Å². The molecular weight excluding hydrogens is 428 g/mol. The van der Waals surface area contributed by atoms with Gasteiger partial charge in [0.1, 0.15) is 5.75 Å². The lowest BCUT2D eigenvalue weighted by Gasteiger charge is -2.29. The Labute approximate surface area is 200 Å². The van der Waals surface area contributed by atoms with Gasteiger partial charge < -0.3 is 24.8 Å². The van der Waals surface area contributed by atoms with E-state index in [1.807, 2.05) is 25.1 Å². The van der Waals surface area contributed by atoms with Crippen molar-refractivity contribution in [2.24, 2.45) is 0 Å². The van der Waals surface area contributed by atoms with Crippen LogP contribution in [-0.2, 0) is 11.2 Å². The number of fused-ring (bicyclic) bond motifs is 2.